The number of para-hydroxylation sites is 1. The van der Waals surface area contributed by atoms with Gasteiger partial charge in [-0.2, -0.15) is 0 Å². The molecule has 2 heterocycles. The minimum atomic E-state index is -0.158. The van der Waals surface area contributed by atoms with E-state index in [-0.39, 0.29) is 11.7 Å². The van der Waals surface area contributed by atoms with Gasteiger partial charge in [0.2, 0.25) is 5.91 Å². The zero-order valence-electron chi connectivity index (χ0n) is 19.9. The fourth-order valence-corrected chi connectivity index (χ4v) is 4.32. The van der Waals surface area contributed by atoms with Crippen molar-refractivity contribution >= 4 is 23.4 Å². The number of thioether (sulfide) groups is 1. The maximum absolute atomic E-state index is 12.7. The lowest BCUT2D eigenvalue weighted by atomic mass is 10.2. The molecular weight excluding hydrogens is 486 g/mol. The van der Waals surface area contributed by atoms with Crippen molar-refractivity contribution in [2.75, 3.05) is 18.2 Å². The average molecular weight is 510 g/mol. The maximum Gasteiger partial charge on any atom is 0.234 e. The van der Waals surface area contributed by atoms with Gasteiger partial charge in [0.25, 0.3) is 0 Å². The van der Waals surface area contributed by atoms with E-state index in [0.29, 0.717) is 22.4 Å². The summed E-state index contributed by atoms with van der Waals surface area (Å²) in [5.74, 6) is 2.82. The van der Waals surface area contributed by atoms with Crippen LogP contribution in [0, 0.1) is 0 Å². The molecule has 0 fully saturated rings. The van der Waals surface area contributed by atoms with Gasteiger partial charge in [-0.25, -0.2) is 0 Å². The molecule has 0 aliphatic carbocycles. The minimum absolute atomic E-state index is 0.156. The molecule has 184 valence electrons. The molecule has 1 N–H and O–H groups in total. The molecular formula is C28H23N5O3S. The van der Waals surface area contributed by atoms with Crippen LogP contribution in [0.1, 0.15) is 0 Å². The highest BCUT2D eigenvalue weighted by Gasteiger charge is 2.18. The normalized spacial score (nSPS) is 10.6. The maximum atomic E-state index is 12.7. The van der Waals surface area contributed by atoms with Gasteiger partial charge >= 0.3 is 0 Å². The summed E-state index contributed by atoms with van der Waals surface area (Å²) in [5, 5.41) is 12.3. The average Bonchev–Trinajstić information content (AvgIpc) is 3.38. The van der Waals surface area contributed by atoms with E-state index < -0.39 is 0 Å². The van der Waals surface area contributed by atoms with Crippen molar-refractivity contribution in [1.29, 1.82) is 0 Å². The van der Waals surface area contributed by atoms with Crippen molar-refractivity contribution in [3.63, 3.8) is 0 Å². The number of ether oxygens (including phenoxy) is 2. The van der Waals surface area contributed by atoms with E-state index in [1.165, 1.54) is 11.8 Å². The van der Waals surface area contributed by atoms with Gasteiger partial charge in [-0.05, 0) is 72.8 Å². The number of pyridine rings is 1. The molecule has 8 nitrogen and oxygen atoms in total. The van der Waals surface area contributed by atoms with E-state index in [0.717, 1.165) is 22.7 Å². The highest BCUT2D eigenvalue weighted by atomic mass is 32.2. The van der Waals surface area contributed by atoms with Crippen molar-refractivity contribution in [3.05, 3.63) is 103 Å². The van der Waals surface area contributed by atoms with E-state index in [4.69, 9.17) is 9.47 Å². The van der Waals surface area contributed by atoms with E-state index >= 15 is 0 Å². The molecule has 0 saturated heterocycles. The molecule has 0 saturated carbocycles. The van der Waals surface area contributed by atoms with E-state index in [2.05, 4.69) is 20.5 Å². The predicted octanol–water partition coefficient (Wildman–Crippen LogP) is 5.86. The quantitative estimate of drug-likeness (QED) is 0.249. The summed E-state index contributed by atoms with van der Waals surface area (Å²) in [5.41, 5.74) is 2.35. The molecule has 0 radical (unpaired) electrons. The van der Waals surface area contributed by atoms with Crippen molar-refractivity contribution in [1.82, 2.24) is 19.7 Å². The third kappa shape index (κ3) is 5.96. The molecule has 0 bridgehead atoms. The third-order valence-corrected chi connectivity index (χ3v) is 6.26. The van der Waals surface area contributed by atoms with Crippen LogP contribution in [0.3, 0.4) is 0 Å². The largest absolute Gasteiger partial charge is 0.497 e. The Morgan fingerprint density at radius 3 is 2.30 bits per heavy atom. The minimum Gasteiger partial charge on any atom is -0.497 e. The summed E-state index contributed by atoms with van der Waals surface area (Å²) in [6.45, 7) is 0. The van der Waals surface area contributed by atoms with Gasteiger partial charge in [-0.3, -0.25) is 14.3 Å². The fourth-order valence-electron chi connectivity index (χ4n) is 3.57. The standard InChI is InChI=1S/C28H23N5O3S/c1-35-23-15-11-22(12-16-23)33-27(20-6-5-17-29-18-20)31-32-28(33)37-19-26(34)30-21-9-13-25(14-10-21)36-24-7-3-2-4-8-24/h2-18H,19H2,1H3,(H,30,34). The number of nitrogens with one attached hydrogen (secondary N) is 1. The number of rotatable bonds is 9. The number of amides is 1. The van der Waals surface area contributed by atoms with E-state index in [9.17, 15) is 4.79 Å². The van der Waals surface area contributed by atoms with Crippen LogP contribution in [-0.4, -0.2) is 38.5 Å². The van der Waals surface area contributed by atoms with Gasteiger partial charge < -0.3 is 14.8 Å². The van der Waals surface area contributed by atoms with E-state index in [1.54, 1.807) is 31.6 Å². The highest BCUT2D eigenvalue weighted by molar-refractivity contribution is 7.99. The summed E-state index contributed by atoms with van der Waals surface area (Å²) < 4.78 is 13.0. The Balaban J connectivity index is 1.28. The van der Waals surface area contributed by atoms with Crippen molar-refractivity contribution in [3.8, 4) is 34.3 Å². The van der Waals surface area contributed by atoms with E-state index in [1.807, 2.05) is 83.4 Å². The van der Waals surface area contributed by atoms with Crippen LogP contribution in [0.5, 0.6) is 17.2 Å². The number of nitrogens with zero attached hydrogens (tertiary/aromatic N) is 4. The lowest BCUT2D eigenvalue weighted by Crippen LogP contribution is -2.14. The van der Waals surface area contributed by atoms with Crippen LogP contribution in [0.2, 0.25) is 0 Å². The number of benzene rings is 3. The van der Waals surface area contributed by atoms with Gasteiger partial charge in [-0.15, -0.1) is 10.2 Å². The lowest BCUT2D eigenvalue weighted by molar-refractivity contribution is -0.113. The smallest absolute Gasteiger partial charge is 0.234 e. The van der Waals surface area contributed by atoms with Crippen molar-refractivity contribution < 1.29 is 14.3 Å². The number of hydrogen-bond donors (Lipinski definition) is 1. The number of methoxy groups -OCH3 is 1. The molecule has 0 unspecified atom stereocenters. The second-order valence-electron chi connectivity index (χ2n) is 7.86. The first-order chi connectivity index (χ1) is 18.2. The molecule has 3 aromatic carbocycles. The first kappa shape index (κ1) is 24.1. The molecule has 0 atom stereocenters. The van der Waals surface area contributed by atoms with Crippen LogP contribution in [-0.2, 0) is 4.79 Å². The van der Waals surface area contributed by atoms with Crippen LogP contribution in [0.15, 0.2) is 109 Å². The van der Waals surface area contributed by atoms with Crippen LogP contribution >= 0.6 is 11.8 Å². The van der Waals surface area contributed by atoms with Gasteiger partial charge in [0.15, 0.2) is 11.0 Å². The summed E-state index contributed by atoms with van der Waals surface area (Å²) in [6.07, 6.45) is 3.44. The Labute approximate surface area is 218 Å². The van der Waals surface area contributed by atoms with Gasteiger partial charge in [0.1, 0.15) is 17.2 Å². The number of carbonyl (C=O) groups is 1. The molecule has 0 aliphatic heterocycles. The topological polar surface area (TPSA) is 91.2 Å². The summed E-state index contributed by atoms with van der Waals surface area (Å²) in [4.78, 5) is 16.9. The Morgan fingerprint density at radius 2 is 1.59 bits per heavy atom. The Morgan fingerprint density at radius 1 is 0.865 bits per heavy atom. The van der Waals surface area contributed by atoms with Gasteiger partial charge in [0.05, 0.1) is 12.9 Å². The van der Waals surface area contributed by atoms with Crippen LogP contribution in [0.4, 0.5) is 5.69 Å². The lowest BCUT2D eigenvalue weighted by Gasteiger charge is -2.11. The number of hydrogen-bond acceptors (Lipinski definition) is 7. The molecule has 9 heteroatoms. The Kier molecular flexibility index (Phi) is 7.42. The molecule has 0 aliphatic rings. The van der Waals surface area contributed by atoms with Crippen molar-refractivity contribution in [2.24, 2.45) is 0 Å². The zero-order valence-corrected chi connectivity index (χ0v) is 20.8. The number of aromatic nitrogens is 4. The summed E-state index contributed by atoms with van der Waals surface area (Å²) in [6, 6.07) is 28.1. The fraction of sp³-hybridized carbons (Fsp3) is 0.0714. The van der Waals surface area contributed by atoms with Crippen LogP contribution in [0.25, 0.3) is 17.1 Å². The second-order valence-corrected chi connectivity index (χ2v) is 8.80. The first-order valence-corrected chi connectivity index (χ1v) is 12.4. The zero-order chi connectivity index (χ0) is 25.5. The molecule has 0 spiro atoms. The highest BCUT2D eigenvalue weighted by Crippen LogP contribution is 2.29. The second kappa shape index (κ2) is 11.4. The van der Waals surface area contributed by atoms with Gasteiger partial charge in [-0.1, -0.05) is 30.0 Å². The number of anilines is 1. The monoisotopic (exact) mass is 509 g/mol. The van der Waals surface area contributed by atoms with Gasteiger partial charge in [0, 0.05) is 29.3 Å². The Bertz CT molecular complexity index is 1460. The molecule has 2 aromatic heterocycles. The SMILES string of the molecule is COc1ccc(-n2c(SCC(=O)Nc3ccc(Oc4ccccc4)cc3)nnc2-c2cccnc2)cc1. The third-order valence-electron chi connectivity index (χ3n) is 5.33. The van der Waals surface area contributed by atoms with Crippen molar-refractivity contribution in [2.45, 2.75) is 5.16 Å². The Hall–Kier alpha value is -4.63. The van der Waals surface area contributed by atoms with Crippen LogP contribution < -0.4 is 14.8 Å². The number of carbonyl (C=O) groups excluding carboxylic acids is 1. The first-order valence-electron chi connectivity index (χ1n) is 11.5. The molecule has 1 amide bonds. The molecule has 37 heavy (non-hydrogen) atoms. The predicted molar refractivity (Wildman–Crippen MR) is 143 cm³/mol. The molecule has 5 rings (SSSR count). The summed E-state index contributed by atoms with van der Waals surface area (Å²) >= 11 is 1.30. The molecule has 5 aromatic rings. The summed E-state index contributed by atoms with van der Waals surface area (Å²) in [7, 11) is 1.62.